The van der Waals surface area contributed by atoms with Crippen LogP contribution in [0.15, 0.2) is 36.9 Å². The van der Waals surface area contributed by atoms with Gasteiger partial charge in [0.2, 0.25) is 0 Å². The Kier molecular flexibility index (Phi) is 5.01. The summed E-state index contributed by atoms with van der Waals surface area (Å²) in [6, 6.07) is 5.24. The second-order valence-corrected chi connectivity index (χ2v) is 5.00. The molecule has 0 atom stereocenters. The van der Waals surface area contributed by atoms with Crippen molar-refractivity contribution in [2.75, 3.05) is 13.1 Å². The lowest BCUT2D eigenvalue weighted by atomic mass is 10.2. The lowest BCUT2D eigenvalue weighted by molar-refractivity contribution is -0.139. The van der Waals surface area contributed by atoms with Gasteiger partial charge in [-0.1, -0.05) is 11.3 Å². The highest BCUT2D eigenvalue weighted by molar-refractivity contribution is 5.93. The van der Waals surface area contributed by atoms with Gasteiger partial charge in [-0.05, 0) is 31.2 Å². The number of alkyl halides is 3. The largest absolute Gasteiger partial charge is 0.406 e. The molecule has 1 aromatic heterocycles. The van der Waals surface area contributed by atoms with Gasteiger partial charge < -0.3 is 4.90 Å². The Morgan fingerprint density at radius 3 is 2.50 bits per heavy atom. The van der Waals surface area contributed by atoms with Crippen LogP contribution < -0.4 is 0 Å². The fraction of sp³-hybridized carbons (Fsp3) is 0.267. The third-order valence-corrected chi connectivity index (χ3v) is 3.18. The van der Waals surface area contributed by atoms with Crippen LogP contribution in [0.25, 0.3) is 5.69 Å². The molecule has 0 aliphatic carbocycles. The fourth-order valence-corrected chi connectivity index (χ4v) is 2.10. The molecule has 0 saturated carbocycles. The number of halogens is 4. The molecule has 9 heteroatoms. The Bertz CT molecular complexity index is 737. The summed E-state index contributed by atoms with van der Waals surface area (Å²) in [6.07, 6.45) is -3.34. The molecule has 24 heavy (non-hydrogen) atoms. The molecule has 0 spiro atoms. The van der Waals surface area contributed by atoms with Gasteiger partial charge >= 0.3 is 6.18 Å². The highest BCUT2D eigenvalue weighted by atomic mass is 19.4. The summed E-state index contributed by atoms with van der Waals surface area (Å²) < 4.78 is 52.0. The van der Waals surface area contributed by atoms with Crippen molar-refractivity contribution in [2.45, 2.75) is 13.1 Å². The van der Waals surface area contributed by atoms with E-state index in [-0.39, 0.29) is 17.9 Å². The topological polar surface area (TPSA) is 51.0 Å². The summed E-state index contributed by atoms with van der Waals surface area (Å²) in [6.45, 7) is 3.16. The van der Waals surface area contributed by atoms with Gasteiger partial charge in [0.15, 0.2) is 5.69 Å². The van der Waals surface area contributed by atoms with Crippen molar-refractivity contribution in [3.63, 3.8) is 0 Å². The van der Waals surface area contributed by atoms with Gasteiger partial charge in [-0.25, -0.2) is 9.07 Å². The van der Waals surface area contributed by atoms with E-state index in [4.69, 9.17) is 0 Å². The molecular weight excluding hydrogens is 328 g/mol. The monoisotopic (exact) mass is 342 g/mol. The number of rotatable bonds is 5. The van der Waals surface area contributed by atoms with E-state index in [1.54, 1.807) is 0 Å². The molecule has 0 N–H and O–H groups in total. The average Bonchev–Trinajstić information content (AvgIpc) is 2.87. The van der Waals surface area contributed by atoms with E-state index >= 15 is 0 Å². The van der Waals surface area contributed by atoms with Crippen LogP contribution in [0, 0.1) is 12.7 Å². The van der Waals surface area contributed by atoms with E-state index in [1.165, 1.54) is 41.9 Å². The number of amides is 1. The molecule has 1 aromatic carbocycles. The summed E-state index contributed by atoms with van der Waals surface area (Å²) >= 11 is 0. The Labute approximate surface area is 135 Å². The summed E-state index contributed by atoms with van der Waals surface area (Å²) in [7, 11) is 0. The van der Waals surface area contributed by atoms with E-state index in [2.05, 4.69) is 16.9 Å². The van der Waals surface area contributed by atoms with Crippen molar-refractivity contribution in [2.24, 2.45) is 0 Å². The summed E-state index contributed by atoms with van der Waals surface area (Å²) in [5, 5.41) is 7.44. The van der Waals surface area contributed by atoms with Crippen LogP contribution in [-0.4, -0.2) is 45.1 Å². The molecule has 0 fully saturated rings. The second kappa shape index (κ2) is 6.81. The maximum absolute atomic E-state index is 13.0. The van der Waals surface area contributed by atoms with Crippen molar-refractivity contribution >= 4 is 5.91 Å². The highest BCUT2D eigenvalue weighted by Gasteiger charge is 2.34. The normalized spacial score (nSPS) is 11.4. The zero-order chi connectivity index (χ0) is 17.9. The SMILES string of the molecule is C=CCN(CC(F)(F)F)C(=O)c1nnn(-c2ccc(F)cc2)c1C. The average molecular weight is 342 g/mol. The quantitative estimate of drug-likeness (QED) is 0.620. The molecule has 0 aliphatic heterocycles. The van der Waals surface area contributed by atoms with E-state index in [1.807, 2.05) is 0 Å². The first-order valence-corrected chi connectivity index (χ1v) is 6.88. The Balaban J connectivity index is 2.32. The number of carbonyl (C=O) groups is 1. The van der Waals surface area contributed by atoms with Gasteiger partial charge in [0.05, 0.1) is 11.4 Å². The number of benzene rings is 1. The van der Waals surface area contributed by atoms with Crippen molar-refractivity contribution in [3.8, 4) is 5.69 Å². The maximum atomic E-state index is 13.0. The fourth-order valence-electron chi connectivity index (χ4n) is 2.10. The van der Waals surface area contributed by atoms with Crippen molar-refractivity contribution in [1.82, 2.24) is 19.9 Å². The van der Waals surface area contributed by atoms with Crippen LogP contribution >= 0.6 is 0 Å². The van der Waals surface area contributed by atoms with Crippen LogP contribution in [0.5, 0.6) is 0 Å². The number of nitrogens with zero attached hydrogens (tertiary/aromatic N) is 4. The lowest BCUT2D eigenvalue weighted by Gasteiger charge is -2.21. The smallest absolute Gasteiger partial charge is 0.324 e. The van der Waals surface area contributed by atoms with Crippen LogP contribution in [-0.2, 0) is 0 Å². The van der Waals surface area contributed by atoms with E-state index in [0.717, 1.165) is 0 Å². The molecule has 2 rings (SSSR count). The van der Waals surface area contributed by atoms with Gasteiger partial charge in [-0.2, -0.15) is 13.2 Å². The summed E-state index contributed by atoms with van der Waals surface area (Å²) in [4.78, 5) is 12.9. The van der Waals surface area contributed by atoms with Crippen LogP contribution in [0.3, 0.4) is 0 Å². The van der Waals surface area contributed by atoms with Gasteiger partial charge in [-0.15, -0.1) is 11.7 Å². The van der Waals surface area contributed by atoms with Crippen LogP contribution in [0.2, 0.25) is 0 Å². The van der Waals surface area contributed by atoms with Gasteiger partial charge in [0.1, 0.15) is 12.4 Å². The molecule has 0 saturated heterocycles. The molecule has 2 aromatic rings. The third-order valence-electron chi connectivity index (χ3n) is 3.18. The van der Waals surface area contributed by atoms with Gasteiger partial charge in [0, 0.05) is 6.54 Å². The molecular formula is C15H14F4N4O. The zero-order valence-corrected chi connectivity index (χ0v) is 12.7. The van der Waals surface area contributed by atoms with E-state index < -0.39 is 24.4 Å². The Hall–Kier alpha value is -2.71. The highest BCUT2D eigenvalue weighted by Crippen LogP contribution is 2.19. The first-order chi connectivity index (χ1) is 11.2. The molecule has 128 valence electrons. The maximum Gasteiger partial charge on any atom is 0.406 e. The number of hydrogen-bond acceptors (Lipinski definition) is 3. The van der Waals surface area contributed by atoms with Crippen molar-refractivity contribution in [3.05, 3.63) is 54.1 Å². The van der Waals surface area contributed by atoms with E-state index in [9.17, 15) is 22.4 Å². The summed E-state index contributed by atoms with van der Waals surface area (Å²) in [5.41, 5.74) is 0.486. The Morgan fingerprint density at radius 2 is 1.96 bits per heavy atom. The minimum atomic E-state index is -4.54. The molecule has 1 amide bonds. The van der Waals surface area contributed by atoms with E-state index in [0.29, 0.717) is 10.6 Å². The number of aromatic nitrogens is 3. The van der Waals surface area contributed by atoms with Crippen molar-refractivity contribution < 1.29 is 22.4 Å². The standard InChI is InChI=1S/C15H14F4N4O/c1-3-8-22(9-15(17,18)19)14(24)13-10(2)23(21-20-13)12-6-4-11(16)5-7-12/h3-7H,1,8-9H2,2H3. The van der Waals surface area contributed by atoms with Crippen molar-refractivity contribution in [1.29, 1.82) is 0 Å². The first-order valence-electron chi connectivity index (χ1n) is 6.88. The first kappa shape index (κ1) is 17.6. The van der Waals surface area contributed by atoms with Crippen LogP contribution in [0.4, 0.5) is 17.6 Å². The molecule has 5 nitrogen and oxygen atoms in total. The predicted molar refractivity (Wildman–Crippen MR) is 78.2 cm³/mol. The van der Waals surface area contributed by atoms with Gasteiger partial charge in [-0.3, -0.25) is 4.79 Å². The number of hydrogen-bond donors (Lipinski definition) is 0. The van der Waals surface area contributed by atoms with Gasteiger partial charge in [0.25, 0.3) is 5.91 Å². The molecule has 0 aliphatic rings. The predicted octanol–water partition coefficient (Wildman–Crippen LogP) is 2.91. The third kappa shape index (κ3) is 3.98. The lowest BCUT2D eigenvalue weighted by Crippen LogP contribution is -2.39. The summed E-state index contributed by atoms with van der Waals surface area (Å²) in [5.74, 6) is -1.35. The molecule has 1 heterocycles. The zero-order valence-electron chi connectivity index (χ0n) is 12.7. The molecule has 0 radical (unpaired) electrons. The Morgan fingerprint density at radius 1 is 1.33 bits per heavy atom. The molecule has 0 bridgehead atoms. The minimum Gasteiger partial charge on any atom is -0.324 e. The minimum absolute atomic E-state index is 0.203. The van der Waals surface area contributed by atoms with Crippen LogP contribution in [0.1, 0.15) is 16.2 Å². The second-order valence-electron chi connectivity index (χ2n) is 5.00. The number of carbonyl (C=O) groups excluding carboxylic acids is 1. The molecule has 0 unspecified atom stereocenters.